The highest BCUT2D eigenvalue weighted by molar-refractivity contribution is 5.79. The van der Waals surface area contributed by atoms with E-state index in [-0.39, 0.29) is 11.8 Å². The molecular weight excluding hydrogens is 454 g/mol. The molecule has 8 heteroatoms. The highest BCUT2D eigenvalue weighted by atomic mass is 16.5. The van der Waals surface area contributed by atoms with E-state index in [2.05, 4.69) is 60.0 Å². The summed E-state index contributed by atoms with van der Waals surface area (Å²) in [5.41, 5.74) is 1.82. The number of rotatable bonds is 7. The van der Waals surface area contributed by atoms with Crippen LogP contribution in [0.1, 0.15) is 68.5 Å². The maximum Gasteiger partial charge on any atom is 0.232 e. The summed E-state index contributed by atoms with van der Waals surface area (Å²) in [6.07, 6.45) is 3.80. The number of likely N-dealkylation sites (N-methyl/N-ethyl adjacent to an activating group) is 1. The van der Waals surface area contributed by atoms with Gasteiger partial charge in [-0.3, -0.25) is 9.78 Å². The third kappa shape index (κ3) is 4.02. The van der Waals surface area contributed by atoms with E-state index < -0.39 is 11.0 Å². The fourth-order valence-corrected chi connectivity index (χ4v) is 5.87. The van der Waals surface area contributed by atoms with Gasteiger partial charge in [-0.1, -0.05) is 50.2 Å². The third-order valence-electron chi connectivity index (χ3n) is 7.91. The second-order valence-electron chi connectivity index (χ2n) is 11.0. The van der Waals surface area contributed by atoms with Gasteiger partial charge in [0.15, 0.2) is 0 Å². The van der Waals surface area contributed by atoms with Crippen molar-refractivity contribution in [2.75, 3.05) is 33.2 Å². The molecule has 0 bridgehead atoms. The number of pyridine rings is 1. The number of benzene rings is 1. The van der Waals surface area contributed by atoms with Crippen LogP contribution in [-0.4, -0.2) is 69.2 Å². The first-order chi connectivity index (χ1) is 17.1. The molecule has 0 aliphatic carbocycles. The predicted molar refractivity (Wildman–Crippen MR) is 136 cm³/mol. The molecule has 2 saturated heterocycles. The first-order valence-corrected chi connectivity index (χ1v) is 12.7. The van der Waals surface area contributed by atoms with E-state index in [1.807, 2.05) is 25.1 Å². The number of likely N-dealkylation sites (tertiary alicyclic amines) is 2. The second kappa shape index (κ2) is 9.09. The number of nitrogens with zero attached hydrogens (tertiary/aromatic N) is 5. The Balaban J connectivity index is 1.51. The molecule has 0 radical (unpaired) electrons. The van der Waals surface area contributed by atoms with Gasteiger partial charge in [0.2, 0.25) is 17.6 Å². The minimum atomic E-state index is -1.25. The Kier molecular flexibility index (Phi) is 6.21. The van der Waals surface area contributed by atoms with Crippen molar-refractivity contribution >= 4 is 5.91 Å². The Morgan fingerprint density at radius 2 is 1.92 bits per heavy atom. The van der Waals surface area contributed by atoms with E-state index in [1.165, 1.54) is 5.56 Å². The molecule has 0 saturated carbocycles. The van der Waals surface area contributed by atoms with Gasteiger partial charge in [0.25, 0.3) is 0 Å². The van der Waals surface area contributed by atoms with Gasteiger partial charge in [0.1, 0.15) is 5.60 Å². The Bertz CT molecular complexity index is 1250. The van der Waals surface area contributed by atoms with Crippen LogP contribution in [0.25, 0.3) is 11.4 Å². The lowest BCUT2D eigenvalue weighted by Gasteiger charge is -2.55. The number of aliphatic hydroxyl groups is 1. The maximum absolute atomic E-state index is 12.4. The fourth-order valence-electron chi connectivity index (χ4n) is 5.87. The minimum absolute atomic E-state index is 0.101. The molecule has 1 unspecified atom stereocenters. The summed E-state index contributed by atoms with van der Waals surface area (Å²) in [7, 11) is 2.06. The largest absolute Gasteiger partial charge is 0.380 e. The summed E-state index contributed by atoms with van der Waals surface area (Å²) in [6, 6.07) is 10.2. The summed E-state index contributed by atoms with van der Waals surface area (Å²) < 4.78 is 5.57. The quantitative estimate of drug-likeness (QED) is 0.540. The number of hydrogen-bond acceptors (Lipinski definition) is 7. The summed E-state index contributed by atoms with van der Waals surface area (Å²) in [5.74, 6) is 1.30. The van der Waals surface area contributed by atoms with Crippen LogP contribution in [0.15, 0.2) is 47.2 Å². The Morgan fingerprint density at radius 1 is 1.19 bits per heavy atom. The zero-order valence-electron chi connectivity index (χ0n) is 21.7. The van der Waals surface area contributed by atoms with E-state index in [4.69, 9.17) is 4.52 Å². The van der Waals surface area contributed by atoms with Crippen LogP contribution in [-0.2, 0) is 10.4 Å². The highest BCUT2D eigenvalue weighted by Crippen LogP contribution is 2.50. The van der Waals surface area contributed by atoms with E-state index in [9.17, 15) is 9.90 Å². The van der Waals surface area contributed by atoms with Crippen molar-refractivity contribution in [3.63, 3.8) is 0 Å². The summed E-state index contributed by atoms with van der Waals surface area (Å²) in [4.78, 5) is 25.3. The summed E-state index contributed by atoms with van der Waals surface area (Å²) >= 11 is 0. The third-order valence-corrected chi connectivity index (χ3v) is 7.91. The van der Waals surface area contributed by atoms with Gasteiger partial charge in [-0.15, -0.1) is 0 Å². The van der Waals surface area contributed by atoms with Crippen LogP contribution >= 0.6 is 0 Å². The van der Waals surface area contributed by atoms with Gasteiger partial charge >= 0.3 is 0 Å². The van der Waals surface area contributed by atoms with Crippen LogP contribution in [0, 0.1) is 5.41 Å². The number of aromatic nitrogens is 3. The van der Waals surface area contributed by atoms with Gasteiger partial charge < -0.3 is 19.4 Å². The molecule has 1 amide bonds. The second-order valence-corrected chi connectivity index (χ2v) is 11.0. The van der Waals surface area contributed by atoms with Crippen molar-refractivity contribution in [1.29, 1.82) is 0 Å². The molecule has 2 aliphatic rings. The molecule has 8 nitrogen and oxygen atoms in total. The molecule has 36 heavy (non-hydrogen) atoms. The molecule has 3 aromatic rings. The van der Waals surface area contributed by atoms with Crippen molar-refractivity contribution in [2.24, 2.45) is 5.41 Å². The zero-order chi connectivity index (χ0) is 25.7. The molecule has 1 aromatic carbocycles. The Hall–Kier alpha value is -3.10. The van der Waals surface area contributed by atoms with E-state index >= 15 is 0 Å². The van der Waals surface area contributed by atoms with Gasteiger partial charge in [0.05, 0.1) is 5.92 Å². The van der Waals surface area contributed by atoms with Crippen LogP contribution in [0.5, 0.6) is 0 Å². The average Bonchev–Trinajstić information content (AvgIpc) is 3.49. The number of carbonyl (C=O) groups excluding carboxylic acids is 1. The predicted octanol–water partition coefficient (Wildman–Crippen LogP) is 3.78. The molecule has 5 rings (SSSR count). The number of hydrogen-bond donors (Lipinski definition) is 1. The van der Waals surface area contributed by atoms with Gasteiger partial charge in [-0.25, -0.2) is 0 Å². The lowest BCUT2D eigenvalue weighted by molar-refractivity contribution is -0.127. The normalized spacial score (nSPS) is 21.6. The summed E-state index contributed by atoms with van der Waals surface area (Å²) in [5, 5.41) is 16.6. The smallest absolute Gasteiger partial charge is 0.232 e. The van der Waals surface area contributed by atoms with Gasteiger partial charge in [0, 0.05) is 61.5 Å². The topological polar surface area (TPSA) is 95.6 Å². The van der Waals surface area contributed by atoms with Crippen LogP contribution in [0.3, 0.4) is 0 Å². The average molecular weight is 490 g/mol. The molecule has 2 aliphatic heterocycles. The molecule has 4 heterocycles. The minimum Gasteiger partial charge on any atom is -0.380 e. The zero-order valence-corrected chi connectivity index (χ0v) is 21.7. The first kappa shape index (κ1) is 24.6. The lowest BCUT2D eigenvalue weighted by atomic mass is 9.62. The number of amides is 1. The monoisotopic (exact) mass is 489 g/mol. The van der Waals surface area contributed by atoms with Crippen LogP contribution < -0.4 is 0 Å². The molecule has 1 N–H and O–H groups in total. The van der Waals surface area contributed by atoms with Crippen molar-refractivity contribution in [2.45, 2.75) is 51.6 Å². The fraction of sp³-hybridized carbons (Fsp3) is 0.500. The van der Waals surface area contributed by atoms with Crippen molar-refractivity contribution in [3.05, 3.63) is 65.3 Å². The molecule has 2 fully saturated rings. The Labute approximate surface area is 212 Å². The van der Waals surface area contributed by atoms with Gasteiger partial charge in [-0.05, 0) is 37.1 Å². The van der Waals surface area contributed by atoms with Crippen LogP contribution in [0.2, 0.25) is 0 Å². The molecule has 2 atom stereocenters. The van der Waals surface area contributed by atoms with Crippen molar-refractivity contribution in [1.82, 2.24) is 24.9 Å². The van der Waals surface area contributed by atoms with Crippen molar-refractivity contribution in [3.8, 4) is 11.4 Å². The SMILES string of the molecule is CCN1C[C@H](c2nc(-c3cncc(C(O)(c4ccc(C(C)C)cc4)C4(C)CN(C)C4)c3)no2)CC1=O. The molecule has 2 aromatic heterocycles. The molecular formula is C28H35N5O3. The lowest BCUT2D eigenvalue weighted by Crippen LogP contribution is -2.63. The maximum atomic E-state index is 12.4. The Morgan fingerprint density at radius 3 is 2.53 bits per heavy atom. The molecule has 0 spiro atoms. The van der Waals surface area contributed by atoms with Crippen molar-refractivity contribution < 1.29 is 14.4 Å². The van der Waals surface area contributed by atoms with Crippen LogP contribution in [0.4, 0.5) is 0 Å². The standard InChI is InChI=1S/C28H35N5O3/c1-6-33-15-21(12-24(33)34)26-30-25(31-36-26)20-11-23(14-29-13-20)28(35,27(4)16-32(5)17-27)22-9-7-19(8-10-22)18(2)3/h7-11,13-14,18,21,35H,6,12,15-17H2,1-5H3/t21-,28?/m1/s1. The first-order valence-electron chi connectivity index (χ1n) is 12.7. The van der Waals surface area contributed by atoms with E-state index in [0.29, 0.717) is 48.3 Å². The van der Waals surface area contributed by atoms with Gasteiger partial charge in [-0.2, -0.15) is 4.98 Å². The molecule has 190 valence electrons. The van der Waals surface area contributed by atoms with E-state index in [0.717, 1.165) is 18.7 Å². The highest BCUT2D eigenvalue weighted by Gasteiger charge is 2.55. The number of carbonyl (C=O) groups is 1. The van der Waals surface area contributed by atoms with E-state index in [1.54, 1.807) is 17.3 Å². The summed E-state index contributed by atoms with van der Waals surface area (Å²) in [6.45, 7) is 11.2.